The predicted octanol–water partition coefficient (Wildman–Crippen LogP) is 3.26. The quantitative estimate of drug-likeness (QED) is 0.753. The molecule has 5 heteroatoms. The Hall–Kier alpha value is -1.20. The van der Waals surface area contributed by atoms with Gasteiger partial charge in [-0.1, -0.05) is 25.5 Å². The third kappa shape index (κ3) is 4.40. The second-order valence-electron chi connectivity index (χ2n) is 6.30. The standard InChI is InChI=1S/C17H26N2O2S/c1-17(12-20)10-3-4-15(17)19-16(21)18-14-7-5-13(6-8-14)9-11-22-2/h5-8,15,20H,3-4,9-12H2,1-2H3,(H2,18,19,21). The van der Waals surface area contributed by atoms with E-state index in [0.29, 0.717) is 0 Å². The third-order valence-corrected chi connectivity index (χ3v) is 5.17. The largest absolute Gasteiger partial charge is 0.396 e. The maximum atomic E-state index is 12.1. The first kappa shape index (κ1) is 17.2. The van der Waals surface area contributed by atoms with Gasteiger partial charge in [-0.15, -0.1) is 0 Å². The number of carbonyl (C=O) groups excluding carboxylic acids is 1. The number of rotatable bonds is 6. The number of anilines is 1. The Morgan fingerprint density at radius 2 is 2.14 bits per heavy atom. The van der Waals surface area contributed by atoms with Crippen LogP contribution in [0.1, 0.15) is 31.7 Å². The van der Waals surface area contributed by atoms with Gasteiger partial charge in [0.2, 0.25) is 0 Å². The van der Waals surface area contributed by atoms with Crippen molar-refractivity contribution in [3.63, 3.8) is 0 Å². The van der Waals surface area contributed by atoms with Gasteiger partial charge in [-0.2, -0.15) is 11.8 Å². The van der Waals surface area contributed by atoms with Crippen molar-refractivity contribution in [2.75, 3.05) is 23.9 Å². The van der Waals surface area contributed by atoms with Crippen LogP contribution in [-0.2, 0) is 6.42 Å². The number of carbonyl (C=O) groups is 1. The van der Waals surface area contributed by atoms with Gasteiger partial charge < -0.3 is 15.7 Å². The van der Waals surface area contributed by atoms with Crippen LogP contribution in [0.25, 0.3) is 0 Å². The number of thioether (sulfide) groups is 1. The van der Waals surface area contributed by atoms with Gasteiger partial charge in [-0.05, 0) is 49.0 Å². The van der Waals surface area contributed by atoms with Crippen molar-refractivity contribution >= 4 is 23.5 Å². The maximum Gasteiger partial charge on any atom is 0.319 e. The van der Waals surface area contributed by atoms with Crippen molar-refractivity contribution < 1.29 is 9.90 Å². The Morgan fingerprint density at radius 3 is 2.77 bits per heavy atom. The number of hydrogen-bond donors (Lipinski definition) is 3. The molecule has 0 radical (unpaired) electrons. The van der Waals surface area contributed by atoms with Gasteiger partial charge in [-0.25, -0.2) is 4.79 Å². The van der Waals surface area contributed by atoms with E-state index in [9.17, 15) is 9.90 Å². The van der Waals surface area contributed by atoms with Crippen LogP contribution in [0.2, 0.25) is 0 Å². The summed E-state index contributed by atoms with van der Waals surface area (Å²) in [5.74, 6) is 1.11. The van der Waals surface area contributed by atoms with Crippen LogP contribution >= 0.6 is 11.8 Å². The summed E-state index contributed by atoms with van der Waals surface area (Å²) in [6.45, 7) is 2.15. The van der Waals surface area contributed by atoms with Gasteiger partial charge in [0, 0.05) is 17.1 Å². The van der Waals surface area contributed by atoms with Crippen molar-refractivity contribution in [2.24, 2.45) is 5.41 Å². The highest BCUT2D eigenvalue weighted by Crippen LogP contribution is 2.37. The molecular formula is C17H26N2O2S. The zero-order chi connectivity index (χ0) is 16.0. The number of aliphatic hydroxyl groups excluding tert-OH is 1. The molecule has 0 heterocycles. The van der Waals surface area contributed by atoms with Crippen molar-refractivity contribution in [3.05, 3.63) is 29.8 Å². The molecule has 1 aromatic rings. The zero-order valence-electron chi connectivity index (χ0n) is 13.4. The number of hydrogen-bond acceptors (Lipinski definition) is 3. The molecule has 2 unspecified atom stereocenters. The highest BCUT2D eigenvalue weighted by Gasteiger charge is 2.39. The molecule has 122 valence electrons. The molecule has 1 fully saturated rings. The molecule has 1 aliphatic carbocycles. The minimum absolute atomic E-state index is 0.0401. The molecule has 1 saturated carbocycles. The van der Waals surface area contributed by atoms with Crippen molar-refractivity contribution in [2.45, 2.75) is 38.6 Å². The lowest BCUT2D eigenvalue weighted by Gasteiger charge is -2.30. The molecule has 0 aromatic heterocycles. The first-order chi connectivity index (χ1) is 10.6. The van der Waals surface area contributed by atoms with Crippen LogP contribution in [0, 0.1) is 5.41 Å². The van der Waals surface area contributed by atoms with Crippen LogP contribution in [-0.4, -0.2) is 35.8 Å². The van der Waals surface area contributed by atoms with Gasteiger partial charge in [0.25, 0.3) is 0 Å². The predicted molar refractivity (Wildman–Crippen MR) is 93.5 cm³/mol. The molecule has 0 saturated heterocycles. The molecule has 0 bridgehead atoms. The second kappa shape index (κ2) is 7.88. The van der Waals surface area contributed by atoms with Gasteiger partial charge in [0.1, 0.15) is 0 Å². The van der Waals surface area contributed by atoms with Gasteiger partial charge in [-0.3, -0.25) is 0 Å². The lowest BCUT2D eigenvalue weighted by atomic mass is 9.86. The molecule has 3 N–H and O–H groups in total. The highest BCUT2D eigenvalue weighted by molar-refractivity contribution is 7.98. The van der Waals surface area contributed by atoms with Crippen LogP contribution in [0.4, 0.5) is 10.5 Å². The summed E-state index contributed by atoms with van der Waals surface area (Å²) >= 11 is 1.83. The lowest BCUT2D eigenvalue weighted by molar-refractivity contribution is 0.122. The topological polar surface area (TPSA) is 61.4 Å². The number of aliphatic hydroxyl groups is 1. The zero-order valence-corrected chi connectivity index (χ0v) is 14.2. The molecule has 2 rings (SSSR count). The average Bonchev–Trinajstić information content (AvgIpc) is 2.88. The molecular weight excluding hydrogens is 296 g/mol. The van der Waals surface area contributed by atoms with Gasteiger partial charge >= 0.3 is 6.03 Å². The van der Waals surface area contributed by atoms with E-state index >= 15 is 0 Å². The molecule has 1 aromatic carbocycles. The smallest absolute Gasteiger partial charge is 0.319 e. The van der Waals surface area contributed by atoms with E-state index in [4.69, 9.17) is 0 Å². The summed E-state index contributed by atoms with van der Waals surface area (Å²) in [5, 5.41) is 15.4. The van der Waals surface area contributed by atoms with E-state index < -0.39 is 0 Å². The number of nitrogens with one attached hydrogen (secondary N) is 2. The Bertz CT molecular complexity index is 492. The third-order valence-electron chi connectivity index (χ3n) is 4.56. The Balaban J connectivity index is 1.86. The first-order valence-electron chi connectivity index (χ1n) is 7.83. The van der Waals surface area contributed by atoms with Gasteiger partial charge in [0.15, 0.2) is 0 Å². The van der Waals surface area contributed by atoms with E-state index in [1.807, 2.05) is 30.8 Å². The monoisotopic (exact) mass is 322 g/mol. The Labute approximate surface area is 137 Å². The molecule has 0 spiro atoms. The van der Waals surface area contributed by atoms with Crippen molar-refractivity contribution in [1.29, 1.82) is 0 Å². The van der Waals surface area contributed by atoms with E-state index in [1.165, 1.54) is 5.56 Å². The lowest BCUT2D eigenvalue weighted by Crippen LogP contribution is -2.46. The number of benzene rings is 1. The van der Waals surface area contributed by atoms with Gasteiger partial charge in [0.05, 0.1) is 6.61 Å². The van der Waals surface area contributed by atoms with Crippen molar-refractivity contribution in [3.8, 4) is 0 Å². The Kier molecular flexibility index (Phi) is 6.15. The fraction of sp³-hybridized carbons (Fsp3) is 0.588. The summed E-state index contributed by atoms with van der Waals surface area (Å²) in [7, 11) is 0. The molecule has 1 aliphatic rings. The molecule has 4 nitrogen and oxygen atoms in total. The molecule has 2 amide bonds. The van der Waals surface area contributed by atoms with Crippen LogP contribution in [0.3, 0.4) is 0 Å². The summed E-state index contributed by atoms with van der Waals surface area (Å²) < 4.78 is 0. The molecule has 0 aliphatic heterocycles. The maximum absolute atomic E-state index is 12.1. The first-order valence-corrected chi connectivity index (χ1v) is 9.23. The summed E-state index contributed by atoms with van der Waals surface area (Å²) in [6, 6.07) is 7.84. The number of amides is 2. The molecule has 22 heavy (non-hydrogen) atoms. The van der Waals surface area contributed by atoms with Crippen LogP contribution in [0.5, 0.6) is 0 Å². The van der Waals surface area contributed by atoms with Crippen molar-refractivity contribution in [1.82, 2.24) is 5.32 Å². The minimum atomic E-state index is -0.195. The average molecular weight is 322 g/mol. The summed E-state index contributed by atoms with van der Waals surface area (Å²) in [6.07, 6.45) is 6.08. The number of urea groups is 1. The van der Waals surface area contributed by atoms with E-state index in [-0.39, 0.29) is 24.1 Å². The SMILES string of the molecule is CSCCc1ccc(NC(=O)NC2CCCC2(C)CO)cc1. The minimum Gasteiger partial charge on any atom is -0.396 e. The highest BCUT2D eigenvalue weighted by atomic mass is 32.2. The number of aryl methyl sites for hydroxylation is 1. The van der Waals surface area contributed by atoms with E-state index in [0.717, 1.165) is 37.1 Å². The molecule has 2 atom stereocenters. The fourth-order valence-electron chi connectivity index (χ4n) is 2.97. The summed E-state index contributed by atoms with van der Waals surface area (Å²) in [4.78, 5) is 12.1. The van der Waals surface area contributed by atoms with Crippen LogP contribution in [0.15, 0.2) is 24.3 Å². The van der Waals surface area contributed by atoms with Crippen LogP contribution < -0.4 is 10.6 Å². The summed E-state index contributed by atoms with van der Waals surface area (Å²) in [5.41, 5.74) is 1.89. The fourth-order valence-corrected chi connectivity index (χ4v) is 3.41. The second-order valence-corrected chi connectivity index (χ2v) is 7.28. The Morgan fingerprint density at radius 1 is 1.41 bits per heavy atom. The van der Waals surface area contributed by atoms with E-state index in [1.54, 1.807) is 0 Å². The normalized spacial score (nSPS) is 24.2. The van der Waals surface area contributed by atoms with E-state index in [2.05, 4.69) is 29.0 Å².